The van der Waals surface area contributed by atoms with Gasteiger partial charge in [-0.05, 0) is 19.8 Å². The molecule has 1 aliphatic rings. The summed E-state index contributed by atoms with van der Waals surface area (Å²) in [7, 11) is 0. The van der Waals surface area contributed by atoms with Crippen LogP contribution in [0.25, 0.3) is 0 Å². The van der Waals surface area contributed by atoms with E-state index >= 15 is 0 Å². The van der Waals surface area contributed by atoms with Crippen LogP contribution >= 0.6 is 11.8 Å². The Kier molecular flexibility index (Phi) is 7.74. The standard InChI is InChI=1S/C14H26O2S/c1-3-4-5-6-7-8-9-10-11-13-16-14(15)12(2)17-13/h12-13H,3-11H2,1-2H3. The molecule has 0 aromatic heterocycles. The van der Waals surface area contributed by atoms with Crippen LogP contribution in [-0.4, -0.2) is 16.7 Å². The molecule has 1 heterocycles. The zero-order chi connectivity index (χ0) is 12.5. The van der Waals surface area contributed by atoms with Crippen LogP contribution in [0.5, 0.6) is 0 Å². The van der Waals surface area contributed by atoms with Crippen LogP contribution < -0.4 is 0 Å². The largest absolute Gasteiger partial charge is 0.450 e. The van der Waals surface area contributed by atoms with Crippen molar-refractivity contribution in [1.29, 1.82) is 0 Å². The smallest absolute Gasteiger partial charge is 0.320 e. The highest BCUT2D eigenvalue weighted by atomic mass is 32.2. The second-order valence-electron chi connectivity index (χ2n) is 4.91. The second kappa shape index (κ2) is 8.84. The molecule has 2 atom stereocenters. The van der Waals surface area contributed by atoms with Crippen molar-refractivity contribution >= 4 is 17.7 Å². The van der Waals surface area contributed by atoms with E-state index in [0.717, 1.165) is 6.42 Å². The molecule has 1 fully saturated rings. The Morgan fingerprint density at radius 2 is 1.65 bits per heavy atom. The topological polar surface area (TPSA) is 26.3 Å². The average molecular weight is 258 g/mol. The lowest BCUT2D eigenvalue weighted by molar-refractivity contribution is -0.142. The van der Waals surface area contributed by atoms with Crippen LogP contribution in [0.3, 0.4) is 0 Å². The molecule has 0 N–H and O–H groups in total. The van der Waals surface area contributed by atoms with Crippen LogP contribution in [0.2, 0.25) is 0 Å². The quantitative estimate of drug-likeness (QED) is 0.449. The number of esters is 1. The van der Waals surface area contributed by atoms with Gasteiger partial charge in [0, 0.05) is 0 Å². The van der Waals surface area contributed by atoms with Gasteiger partial charge < -0.3 is 4.74 Å². The summed E-state index contributed by atoms with van der Waals surface area (Å²) in [6, 6.07) is 0. The van der Waals surface area contributed by atoms with Crippen molar-refractivity contribution in [3.05, 3.63) is 0 Å². The van der Waals surface area contributed by atoms with Crippen LogP contribution in [0.1, 0.15) is 71.6 Å². The molecule has 0 aromatic rings. The van der Waals surface area contributed by atoms with E-state index in [1.54, 1.807) is 11.8 Å². The molecule has 1 aliphatic heterocycles. The minimum atomic E-state index is -0.0282. The first kappa shape index (κ1) is 14.9. The summed E-state index contributed by atoms with van der Waals surface area (Å²) < 4.78 is 5.26. The van der Waals surface area contributed by atoms with E-state index in [2.05, 4.69) is 6.92 Å². The number of ether oxygens (including phenoxy) is 1. The summed E-state index contributed by atoms with van der Waals surface area (Å²) in [5.74, 6) is -0.0282. The summed E-state index contributed by atoms with van der Waals surface area (Å²) in [6.07, 6.45) is 11.7. The summed E-state index contributed by atoms with van der Waals surface area (Å²) in [6.45, 7) is 4.18. The van der Waals surface area contributed by atoms with E-state index in [4.69, 9.17) is 4.74 Å². The molecule has 0 bridgehead atoms. The molecule has 100 valence electrons. The number of hydrogen-bond donors (Lipinski definition) is 0. The highest BCUT2D eigenvalue weighted by molar-refractivity contribution is 8.01. The number of thioether (sulfide) groups is 1. The number of carbonyl (C=O) groups excluding carboxylic acids is 1. The van der Waals surface area contributed by atoms with Crippen molar-refractivity contribution < 1.29 is 9.53 Å². The molecule has 1 saturated heterocycles. The molecule has 0 spiro atoms. The second-order valence-corrected chi connectivity index (χ2v) is 6.41. The molecule has 17 heavy (non-hydrogen) atoms. The average Bonchev–Trinajstić information content (AvgIpc) is 2.62. The monoisotopic (exact) mass is 258 g/mol. The fraction of sp³-hybridized carbons (Fsp3) is 0.929. The maximum Gasteiger partial charge on any atom is 0.320 e. The van der Waals surface area contributed by atoms with Crippen molar-refractivity contribution in [2.24, 2.45) is 0 Å². The molecule has 0 aliphatic carbocycles. The molecular formula is C14H26O2S. The van der Waals surface area contributed by atoms with Crippen LogP contribution in [0.15, 0.2) is 0 Å². The van der Waals surface area contributed by atoms with Gasteiger partial charge in [0.15, 0.2) is 0 Å². The summed E-state index contributed by atoms with van der Waals surface area (Å²) >= 11 is 1.68. The lowest BCUT2D eigenvalue weighted by atomic mass is 10.1. The molecule has 0 radical (unpaired) electrons. The molecular weight excluding hydrogens is 232 g/mol. The summed E-state index contributed by atoms with van der Waals surface area (Å²) in [5.41, 5.74) is 0.137. The van der Waals surface area contributed by atoms with Gasteiger partial charge in [-0.3, -0.25) is 4.79 Å². The van der Waals surface area contributed by atoms with E-state index < -0.39 is 0 Å². The van der Waals surface area contributed by atoms with E-state index in [1.807, 2.05) is 6.92 Å². The minimum Gasteiger partial charge on any atom is -0.450 e. The van der Waals surface area contributed by atoms with E-state index in [1.165, 1.54) is 51.4 Å². The van der Waals surface area contributed by atoms with Crippen molar-refractivity contribution in [3.8, 4) is 0 Å². The fourth-order valence-corrected chi connectivity index (χ4v) is 3.18. The van der Waals surface area contributed by atoms with Gasteiger partial charge in [0.05, 0.1) is 0 Å². The lowest BCUT2D eigenvalue weighted by Gasteiger charge is -2.07. The van der Waals surface area contributed by atoms with Gasteiger partial charge in [-0.2, -0.15) is 0 Å². The Morgan fingerprint density at radius 3 is 2.18 bits per heavy atom. The molecule has 1 rings (SSSR count). The molecule has 0 saturated carbocycles. The van der Waals surface area contributed by atoms with Gasteiger partial charge in [0.2, 0.25) is 0 Å². The van der Waals surface area contributed by atoms with Crippen LogP contribution in [0.4, 0.5) is 0 Å². The van der Waals surface area contributed by atoms with Crippen LogP contribution in [0, 0.1) is 0 Å². The van der Waals surface area contributed by atoms with Crippen molar-refractivity contribution in [2.75, 3.05) is 0 Å². The van der Waals surface area contributed by atoms with Gasteiger partial charge in [0.25, 0.3) is 0 Å². The Morgan fingerprint density at radius 1 is 1.06 bits per heavy atom. The third-order valence-electron chi connectivity index (χ3n) is 3.23. The van der Waals surface area contributed by atoms with Gasteiger partial charge in [-0.15, -0.1) is 11.8 Å². The Hall–Kier alpha value is -0.180. The van der Waals surface area contributed by atoms with E-state index in [9.17, 15) is 4.79 Å². The van der Waals surface area contributed by atoms with E-state index in [0.29, 0.717) is 0 Å². The van der Waals surface area contributed by atoms with Gasteiger partial charge in [0.1, 0.15) is 10.7 Å². The molecule has 3 heteroatoms. The number of unbranched alkanes of at least 4 members (excludes halogenated alkanes) is 7. The lowest BCUT2D eigenvalue weighted by Crippen LogP contribution is -2.07. The SMILES string of the molecule is CCCCCCCCCCC1OC(=O)C(C)S1. The van der Waals surface area contributed by atoms with Gasteiger partial charge in [-0.25, -0.2) is 0 Å². The Bertz CT molecular complexity index is 218. The molecule has 0 amide bonds. The first-order chi connectivity index (χ1) is 8.24. The number of carbonyl (C=O) groups is 1. The first-order valence-corrected chi connectivity index (χ1v) is 8.04. The number of hydrogen-bond acceptors (Lipinski definition) is 3. The zero-order valence-corrected chi connectivity index (χ0v) is 12.1. The van der Waals surface area contributed by atoms with Crippen molar-refractivity contribution in [2.45, 2.75) is 82.3 Å². The Balaban J connectivity index is 1.86. The maximum atomic E-state index is 11.2. The summed E-state index contributed by atoms with van der Waals surface area (Å²) in [5, 5.41) is 0.0500. The number of cyclic esters (lactones) is 1. The molecule has 2 unspecified atom stereocenters. The van der Waals surface area contributed by atoms with Crippen LogP contribution in [-0.2, 0) is 9.53 Å². The highest BCUT2D eigenvalue weighted by Crippen LogP contribution is 2.31. The van der Waals surface area contributed by atoms with E-state index in [-0.39, 0.29) is 16.7 Å². The Labute approximate surface area is 110 Å². The highest BCUT2D eigenvalue weighted by Gasteiger charge is 2.30. The summed E-state index contributed by atoms with van der Waals surface area (Å²) in [4.78, 5) is 11.2. The van der Waals surface area contributed by atoms with Gasteiger partial charge in [-0.1, -0.05) is 51.9 Å². The third kappa shape index (κ3) is 6.35. The van der Waals surface area contributed by atoms with Crippen molar-refractivity contribution in [3.63, 3.8) is 0 Å². The zero-order valence-electron chi connectivity index (χ0n) is 11.2. The minimum absolute atomic E-state index is 0.0282. The van der Waals surface area contributed by atoms with Crippen molar-refractivity contribution in [1.82, 2.24) is 0 Å². The predicted molar refractivity (Wildman–Crippen MR) is 74.2 cm³/mol. The fourth-order valence-electron chi connectivity index (χ4n) is 2.11. The predicted octanol–water partition coefficient (Wildman–Crippen LogP) is 4.52. The molecule has 0 aromatic carbocycles. The number of rotatable bonds is 9. The molecule has 2 nitrogen and oxygen atoms in total. The first-order valence-electron chi connectivity index (χ1n) is 7.10. The normalized spacial score (nSPS) is 24.0. The third-order valence-corrected chi connectivity index (χ3v) is 4.46. The van der Waals surface area contributed by atoms with Gasteiger partial charge >= 0.3 is 5.97 Å². The maximum absolute atomic E-state index is 11.2.